The highest BCUT2D eigenvalue weighted by molar-refractivity contribution is 5.31. The van der Waals surface area contributed by atoms with Crippen LogP contribution in [0.4, 0.5) is 8.78 Å². The van der Waals surface area contributed by atoms with Crippen molar-refractivity contribution < 1.29 is 18.0 Å². The molecule has 1 aromatic carbocycles. The van der Waals surface area contributed by atoms with Crippen molar-refractivity contribution in [3.63, 3.8) is 0 Å². The second-order valence-electron chi connectivity index (χ2n) is 4.56. The van der Waals surface area contributed by atoms with Crippen LogP contribution in [0.5, 0.6) is 5.75 Å². The van der Waals surface area contributed by atoms with Crippen LogP contribution in [0, 0.1) is 11.6 Å². The largest absolute Gasteiger partial charge is 0.479 e. The van der Waals surface area contributed by atoms with E-state index >= 15 is 0 Å². The minimum absolute atomic E-state index is 0.146. The molecule has 2 aromatic rings. The van der Waals surface area contributed by atoms with E-state index in [0.717, 1.165) is 6.42 Å². The number of aryl methyl sites for hydroxylation is 1. The lowest BCUT2D eigenvalue weighted by Crippen LogP contribution is -2.07. The number of benzene rings is 1. The maximum absolute atomic E-state index is 13.8. The Morgan fingerprint density at radius 1 is 1.29 bits per heavy atom. The molecular formula is C14H17F2N3O2. The second-order valence-corrected chi connectivity index (χ2v) is 4.56. The van der Waals surface area contributed by atoms with Crippen molar-refractivity contribution in [2.45, 2.75) is 32.9 Å². The van der Waals surface area contributed by atoms with Crippen molar-refractivity contribution in [3.05, 3.63) is 41.0 Å². The predicted molar refractivity (Wildman–Crippen MR) is 71.7 cm³/mol. The number of hydrogen-bond acceptors (Lipinski definition) is 5. The lowest BCUT2D eigenvalue weighted by Gasteiger charge is -2.08. The number of hydrogen-bond donors (Lipinski definition) is 1. The molecule has 0 saturated heterocycles. The maximum Gasteiger partial charge on any atom is 0.226 e. The van der Waals surface area contributed by atoms with E-state index in [9.17, 15) is 8.78 Å². The molecular weight excluding hydrogens is 280 g/mol. The van der Waals surface area contributed by atoms with Crippen molar-refractivity contribution in [1.82, 2.24) is 15.5 Å². The summed E-state index contributed by atoms with van der Waals surface area (Å²) < 4.78 is 37.7. The summed E-state index contributed by atoms with van der Waals surface area (Å²) in [7, 11) is 1.70. The van der Waals surface area contributed by atoms with Crippen molar-refractivity contribution >= 4 is 0 Å². The summed E-state index contributed by atoms with van der Waals surface area (Å²) >= 11 is 0. The van der Waals surface area contributed by atoms with Crippen molar-refractivity contribution in [2.75, 3.05) is 7.05 Å². The Balaban J connectivity index is 2.05. The molecule has 1 aromatic heterocycles. The summed E-state index contributed by atoms with van der Waals surface area (Å²) in [6.07, 6.45) is 1.53. The van der Waals surface area contributed by atoms with E-state index in [0.29, 0.717) is 24.4 Å². The Morgan fingerprint density at radius 3 is 2.62 bits per heavy atom. The Hall–Kier alpha value is -2.02. The van der Waals surface area contributed by atoms with Crippen LogP contribution in [0.2, 0.25) is 0 Å². The molecule has 0 spiro atoms. The number of aromatic nitrogens is 2. The Labute approximate surface area is 121 Å². The molecule has 5 nitrogen and oxygen atoms in total. The van der Waals surface area contributed by atoms with Crippen molar-refractivity contribution in [3.8, 4) is 5.75 Å². The standard InChI is InChI=1S/C14H17F2N3O2/c1-3-4-13-18-12(19-21-13)8-20-14-10(15)5-9(7-17-2)6-11(14)16/h5-6,17H,3-4,7-8H2,1-2H3. The van der Waals surface area contributed by atoms with Gasteiger partial charge >= 0.3 is 0 Å². The summed E-state index contributed by atoms with van der Waals surface area (Å²) in [5.41, 5.74) is 0.504. The molecule has 114 valence electrons. The SMILES string of the molecule is CCCc1nc(COc2c(F)cc(CNC)cc2F)no1. The zero-order valence-corrected chi connectivity index (χ0v) is 11.9. The molecule has 1 N–H and O–H groups in total. The van der Waals surface area contributed by atoms with Gasteiger partial charge in [0.2, 0.25) is 11.7 Å². The van der Waals surface area contributed by atoms with Gasteiger partial charge in [0.05, 0.1) is 0 Å². The number of nitrogens with zero attached hydrogens (tertiary/aromatic N) is 2. The van der Waals surface area contributed by atoms with Gasteiger partial charge in [-0.3, -0.25) is 0 Å². The molecule has 2 rings (SSSR count). The third-order valence-corrected chi connectivity index (χ3v) is 2.76. The predicted octanol–water partition coefficient (Wildman–Crippen LogP) is 2.60. The number of ether oxygens (including phenoxy) is 1. The molecule has 0 atom stereocenters. The van der Waals surface area contributed by atoms with E-state index in [1.807, 2.05) is 6.92 Å². The topological polar surface area (TPSA) is 60.2 Å². The Kier molecular flexibility index (Phi) is 5.21. The van der Waals surface area contributed by atoms with Gasteiger partial charge in [-0.15, -0.1) is 0 Å². The molecule has 7 heteroatoms. The molecule has 0 aliphatic heterocycles. The van der Waals surface area contributed by atoms with E-state index in [1.54, 1.807) is 7.05 Å². The van der Waals surface area contributed by atoms with Gasteiger partial charge in [-0.1, -0.05) is 12.1 Å². The van der Waals surface area contributed by atoms with Gasteiger partial charge < -0.3 is 14.6 Å². The zero-order valence-electron chi connectivity index (χ0n) is 11.9. The molecule has 0 unspecified atom stereocenters. The molecule has 21 heavy (non-hydrogen) atoms. The first-order valence-electron chi connectivity index (χ1n) is 6.70. The smallest absolute Gasteiger partial charge is 0.226 e. The van der Waals surface area contributed by atoms with Crippen LogP contribution in [0.15, 0.2) is 16.7 Å². The average Bonchev–Trinajstić information content (AvgIpc) is 2.86. The van der Waals surface area contributed by atoms with Crippen LogP contribution < -0.4 is 10.1 Å². The van der Waals surface area contributed by atoms with Crippen LogP contribution in [0.1, 0.15) is 30.6 Å². The first-order valence-corrected chi connectivity index (χ1v) is 6.70. The highest BCUT2D eigenvalue weighted by Crippen LogP contribution is 2.24. The van der Waals surface area contributed by atoms with Crippen LogP contribution in [-0.4, -0.2) is 17.2 Å². The summed E-state index contributed by atoms with van der Waals surface area (Å²) in [4.78, 5) is 4.06. The molecule has 1 heterocycles. The minimum atomic E-state index is -0.752. The van der Waals surface area contributed by atoms with E-state index in [1.165, 1.54) is 12.1 Å². The van der Waals surface area contributed by atoms with E-state index in [-0.39, 0.29) is 12.4 Å². The van der Waals surface area contributed by atoms with Gasteiger partial charge in [0.15, 0.2) is 24.0 Å². The summed E-state index contributed by atoms with van der Waals surface area (Å²) in [5, 5.41) is 6.51. The van der Waals surface area contributed by atoms with Crippen molar-refractivity contribution in [2.24, 2.45) is 0 Å². The summed E-state index contributed by atoms with van der Waals surface area (Å²) in [6, 6.07) is 2.46. The Bertz CT molecular complexity index is 579. The van der Waals surface area contributed by atoms with Crippen LogP contribution in [0.25, 0.3) is 0 Å². The molecule has 0 aliphatic carbocycles. The lowest BCUT2D eigenvalue weighted by atomic mass is 10.2. The van der Waals surface area contributed by atoms with Crippen LogP contribution in [-0.2, 0) is 19.6 Å². The minimum Gasteiger partial charge on any atom is -0.479 e. The number of nitrogens with one attached hydrogen (secondary N) is 1. The maximum atomic E-state index is 13.8. The highest BCUT2D eigenvalue weighted by atomic mass is 19.1. The van der Waals surface area contributed by atoms with Gasteiger partial charge in [0.25, 0.3) is 0 Å². The quantitative estimate of drug-likeness (QED) is 0.851. The number of halogens is 2. The van der Waals surface area contributed by atoms with E-state index < -0.39 is 17.4 Å². The molecule has 0 bridgehead atoms. The van der Waals surface area contributed by atoms with Gasteiger partial charge in [-0.05, 0) is 31.2 Å². The average molecular weight is 297 g/mol. The number of rotatable bonds is 7. The molecule has 0 aliphatic rings. The van der Waals surface area contributed by atoms with Crippen LogP contribution in [0.3, 0.4) is 0 Å². The molecule has 0 fully saturated rings. The van der Waals surface area contributed by atoms with Gasteiger partial charge in [0, 0.05) is 13.0 Å². The lowest BCUT2D eigenvalue weighted by molar-refractivity contribution is 0.258. The molecule has 0 saturated carbocycles. The van der Waals surface area contributed by atoms with Gasteiger partial charge in [-0.25, -0.2) is 8.78 Å². The first-order chi connectivity index (χ1) is 10.1. The molecule has 0 radical (unpaired) electrons. The summed E-state index contributed by atoms with van der Waals surface area (Å²) in [5.74, 6) is -1.19. The van der Waals surface area contributed by atoms with Gasteiger partial charge in [0.1, 0.15) is 0 Å². The second kappa shape index (κ2) is 7.12. The monoisotopic (exact) mass is 297 g/mol. The zero-order chi connectivity index (χ0) is 15.2. The first kappa shape index (κ1) is 15.4. The third kappa shape index (κ3) is 3.98. The fourth-order valence-corrected chi connectivity index (χ4v) is 1.86. The van der Waals surface area contributed by atoms with Gasteiger partial charge in [-0.2, -0.15) is 4.98 Å². The highest BCUT2D eigenvalue weighted by Gasteiger charge is 2.14. The van der Waals surface area contributed by atoms with Crippen LogP contribution >= 0.6 is 0 Å². The fraction of sp³-hybridized carbons (Fsp3) is 0.429. The third-order valence-electron chi connectivity index (χ3n) is 2.76. The molecule has 0 amide bonds. The van der Waals surface area contributed by atoms with E-state index in [4.69, 9.17) is 9.26 Å². The summed E-state index contributed by atoms with van der Waals surface area (Å²) in [6.45, 7) is 2.21. The Morgan fingerprint density at radius 2 is 2.00 bits per heavy atom. The normalized spacial score (nSPS) is 10.9. The fourth-order valence-electron chi connectivity index (χ4n) is 1.86. The van der Waals surface area contributed by atoms with E-state index in [2.05, 4.69) is 15.5 Å². The van der Waals surface area contributed by atoms with Crippen molar-refractivity contribution in [1.29, 1.82) is 0 Å².